The van der Waals surface area contributed by atoms with Crippen LogP contribution in [0.3, 0.4) is 0 Å². The molecule has 0 amide bonds. The van der Waals surface area contributed by atoms with Crippen molar-refractivity contribution in [3.8, 4) is 0 Å². The third-order valence-electron chi connectivity index (χ3n) is 3.52. The van der Waals surface area contributed by atoms with E-state index in [1.807, 2.05) is 24.6 Å². The second kappa shape index (κ2) is 6.78. The van der Waals surface area contributed by atoms with Gasteiger partial charge in [-0.25, -0.2) is 8.78 Å². The molecule has 3 N–H and O–H groups in total. The Labute approximate surface area is 122 Å². The molecule has 0 bridgehead atoms. The smallest absolute Gasteiger partial charge is 0.128 e. The molecule has 1 unspecified atom stereocenters. The van der Waals surface area contributed by atoms with E-state index in [4.69, 9.17) is 5.84 Å². The Morgan fingerprint density at radius 2 is 2.05 bits per heavy atom. The highest BCUT2D eigenvalue weighted by Gasteiger charge is 2.18. The lowest BCUT2D eigenvalue weighted by Gasteiger charge is -2.17. The number of nitrogens with two attached hydrogens (primary N) is 1. The standard InChI is InChI=1S/C15H20F2N4/c1-3-11-8-12(21(4-2)20-11)9-15(19-18)13-7-10(16)5-6-14(13)17/h5-8,15,19H,3-4,9,18H2,1-2H3. The number of hydrogen-bond acceptors (Lipinski definition) is 3. The van der Waals surface area contributed by atoms with Gasteiger partial charge in [0, 0.05) is 24.2 Å². The van der Waals surface area contributed by atoms with Crippen molar-refractivity contribution in [1.82, 2.24) is 15.2 Å². The molecular weight excluding hydrogens is 274 g/mol. The summed E-state index contributed by atoms with van der Waals surface area (Å²) in [4.78, 5) is 0. The van der Waals surface area contributed by atoms with E-state index in [-0.39, 0.29) is 5.56 Å². The fourth-order valence-corrected chi connectivity index (χ4v) is 2.38. The Morgan fingerprint density at radius 3 is 2.67 bits per heavy atom. The molecule has 0 saturated carbocycles. The third kappa shape index (κ3) is 3.46. The second-order valence-corrected chi connectivity index (χ2v) is 4.89. The molecule has 2 aromatic rings. The lowest BCUT2D eigenvalue weighted by atomic mass is 10.0. The summed E-state index contributed by atoms with van der Waals surface area (Å²) in [5, 5.41) is 4.45. The van der Waals surface area contributed by atoms with Gasteiger partial charge in [-0.1, -0.05) is 6.92 Å². The maximum absolute atomic E-state index is 13.9. The SMILES string of the molecule is CCc1cc(CC(NN)c2cc(F)ccc2F)n(CC)n1. The molecular formula is C15H20F2N4. The zero-order chi connectivity index (χ0) is 15.4. The van der Waals surface area contributed by atoms with Crippen molar-refractivity contribution in [2.45, 2.75) is 39.3 Å². The van der Waals surface area contributed by atoms with E-state index < -0.39 is 17.7 Å². The predicted molar refractivity (Wildman–Crippen MR) is 77.4 cm³/mol. The summed E-state index contributed by atoms with van der Waals surface area (Å²) in [6.45, 7) is 4.73. The minimum atomic E-state index is -0.507. The average molecular weight is 294 g/mol. The summed E-state index contributed by atoms with van der Waals surface area (Å²) in [5.74, 6) is 4.58. The van der Waals surface area contributed by atoms with Gasteiger partial charge in [-0.2, -0.15) is 5.10 Å². The van der Waals surface area contributed by atoms with Crippen LogP contribution in [-0.2, 0) is 19.4 Å². The highest BCUT2D eigenvalue weighted by Crippen LogP contribution is 2.22. The molecule has 1 heterocycles. The molecule has 0 aliphatic heterocycles. The number of aromatic nitrogens is 2. The minimum absolute atomic E-state index is 0.222. The number of rotatable bonds is 6. The van der Waals surface area contributed by atoms with Crippen LogP contribution in [0.2, 0.25) is 0 Å². The second-order valence-electron chi connectivity index (χ2n) is 4.89. The summed E-state index contributed by atoms with van der Waals surface area (Å²) < 4.78 is 29.1. The first-order valence-corrected chi connectivity index (χ1v) is 7.05. The molecule has 0 aliphatic rings. The Morgan fingerprint density at radius 1 is 1.29 bits per heavy atom. The van der Waals surface area contributed by atoms with Gasteiger partial charge in [0.1, 0.15) is 11.6 Å². The van der Waals surface area contributed by atoms with Gasteiger partial charge >= 0.3 is 0 Å². The summed E-state index contributed by atoms with van der Waals surface area (Å²) in [5.41, 5.74) is 4.71. The molecule has 1 aromatic heterocycles. The summed E-state index contributed by atoms with van der Waals surface area (Å²) >= 11 is 0. The first-order valence-electron chi connectivity index (χ1n) is 7.05. The molecule has 6 heteroatoms. The number of nitrogens with zero attached hydrogens (tertiary/aromatic N) is 2. The molecule has 21 heavy (non-hydrogen) atoms. The van der Waals surface area contributed by atoms with Gasteiger partial charge in [-0.05, 0) is 37.6 Å². The first kappa shape index (κ1) is 15.6. The Kier molecular flexibility index (Phi) is 5.03. The van der Waals surface area contributed by atoms with Gasteiger partial charge in [0.2, 0.25) is 0 Å². The number of aryl methyl sites for hydroxylation is 2. The Hall–Kier alpha value is -1.79. The highest BCUT2D eigenvalue weighted by molar-refractivity contribution is 5.24. The molecule has 114 valence electrons. The normalized spacial score (nSPS) is 12.6. The van der Waals surface area contributed by atoms with Gasteiger partial charge in [-0.15, -0.1) is 0 Å². The van der Waals surface area contributed by atoms with E-state index in [1.54, 1.807) is 0 Å². The van der Waals surface area contributed by atoms with Crippen molar-refractivity contribution < 1.29 is 8.78 Å². The van der Waals surface area contributed by atoms with Crippen LogP contribution in [-0.4, -0.2) is 9.78 Å². The fraction of sp³-hybridized carbons (Fsp3) is 0.400. The molecule has 0 aliphatic carbocycles. The quantitative estimate of drug-likeness (QED) is 0.636. The third-order valence-corrected chi connectivity index (χ3v) is 3.52. The fourth-order valence-electron chi connectivity index (χ4n) is 2.38. The van der Waals surface area contributed by atoms with E-state index in [9.17, 15) is 8.78 Å². The van der Waals surface area contributed by atoms with Crippen molar-refractivity contribution in [2.75, 3.05) is 0 Å². The van der Waals surface area contributed by atoms with E-state index in [0.29, 0.717) is 6.42 Å². The van der Waals surface area contributed by atoms with Crippen molar-refractivity contribution in [2.24, 2.45) is 5.84 Å². The minimum Gasteiger partial charge on any atom is -0.271 e. The van der Waals surface area contributed by atoms with Gasteiger partial charge < -0.3 is 0 Å². The molecule has 0 spiro atoms. The van der Waals surface area contributed by atoms with E-state index in [0.717, 1.165) is 36.5 Å². The number of hydrogen-bond donors (Lipinski definition) is 2. The van der Waals surface area contributed by atoms with Crippen molar-refractivity contribution in [3.63, 3.8) is 0 Å². The van der Waals surface area contributed by atoms with Crippen LogP contribution in [0.5, 0.6) is 0 Å². The zero-order valence-corrected chi connectivity index (χ0v) is 12.2. The van der Waals surface area contributed by atoms with Crippen LogP contribution in [0.25, 0.3) is 0 Å². The molecule has 0 saturated heterocycles. The van der Waals surface area contributed by atoms with Crippen LogP contribution in [0, 0.1) is 11.6 Å². The summed E-state index contributed by atoms with van der Waals surface area (Å²) in [6, 6.07) is 4.85. The monoisotopic (exact) mass is 294 g/mol. The molecule has 1 atom stereocenters. The Balaban J connectivity index is 2.30. The summed E-state index contributed by atoms with van der Waals surface area (Å²) in [6.07, 6.45) is 1.27. The van der Waals surface area contributed by atoms with Crippen LogP contribution in [0.1, 0.15) is 36.8 Å². The number of halogens is 2. The van der Waals surface area contributed by atoms with Crippen LogP contribution in [0.15, 0.2) is 24.3 Å². The van der Waals surface area contributed by atoms with Gasteiger partial charge in [0.05, 0.1) is 11.7 Å². The number of hydrazine groups is 1. The molecule has 0 radical (unpaired) electrons. The van der Waals surface area contributed by atoms with Gasteiger partial charge in [-0.3, -0.25) is 16.0 Å². The van der Waals surface area contributed by atoms with E-state index in [2.05, 4.69) is 10.5 Å². The molecule has 1 aromatic carbocycles. The largest absolute Gasteiger partial charge is 0.271 e. The lowest BCUT2D eigenvalue weighted by molar-refractivity contribution is 0.484. The van der Waals surface area contributed by atoms with Crippen molar-refractivity contribution in [1.29, 1.82) is 0 Å². The maximum atomic E-state index is 13.9. The van der Waals surface area contributed by atoms with Crippen molar-refractivity contribution in [3.05, 3.63) is 52.9 Å². The average Bonchev–Trinajstić information content (AvgIpc) is 2.89. The van der Waals surface area contributed by atoms with E-state index in [1.165, 1.54) is 6.07 Å². The summed E-state index contributed by atoms with van der Waals surface area (Å²) in [7, 11) is 0. The van der Waals surface area contributed by atoms with Gasteiger partial charge in [0.25, 0.3) is 0 Å². The predicted octanol–water partition coefficient (Wildman–Crippen LogP) is 2.49. The van der Waals surface area contributed by atoms with Crippen LogP contribution in [0.4, 0.5) is 8.78 Å². The maximum Gasteiger partial charge on any atom is 0.128 e. The topological polar surface area (TPSA) is 55.9 Å². The number of nitrogens with one attached hydrogen (secondary N) is 1. The molecule has 0 fully saturated rings. The van der Waals surface area contributed by atoms with Crippen LogP contribution < -0.4 is 11.3 Å². The van der Waals surface area contributed by atoms with Crippen LogP contribution >= 0.6 is 0 Å². The van der Waals surface area contributed by atoms with Gasteiger partial charge in [0.15, 0.2) is 0 Å². The Bertz CT molecular complexity index is 610. The van der Waals surface area contributed by atoms with E-state index >= 15 is 0 Å². The highest BCUT2D eigenvalue weighted by atomic mass is 19.1. The zero-order valence-electron chi connectivity index (χ0n) is 12.2. The first-order chi connectivity index (χ1) is 10.1. The molecule has 4 nitrogen and oxygen atoms in total. The van der Waals surface area contributed by atoms with Crippen molar-refractivity contribution >= 4 is 0 Å². The number of benzene rings is 1. The molecule has 2 rings (SSSR count). The lowest BCUT2D eigenvalue weighted by Crippen LogP contribution is -2.31.